The van der Waals surface area contributed by atoms with Crippen molar-refractivity contribution in [1.82, 2.24) is 15.0 Å². The molecule has 0 saturated carbocycles. The fourth-order valence-electron chi connectivity index (χ4n) is 2.45. The van der Waals surface area contributed by atoms with Gasteiger partial charge in [-0.25, -0.2) is 15.0 Å². The van der Waals surface area contributed by atoms with Gasteiger partial charge in [0.1, 0.15) is 16.5 Å². The summed E-state index contributed by atoms with van der Waals surface area (Å²) in [6.07, 6.45) is 3.48. The Morgan fingerprint density at radius 3 is 2.56 bits per heavy atom. The van der Waals surface area contributed by atoms with E-state index >= 15 is 0 Å². The molecule has 2 heterocycles. The van der Waals surface area contributed by atoms with Gasteiger partial charge >= 0.3 is 0 Å². The van der Waals surface area contributed by atoms with Crippen molar-refractivity contribution in [3.05, 3.63) is 72.4 Å². The Labute approximate surface area is 148 Å². The summed E-state index contributed by atoms with van der Waals surface area (Å²) < 4.78 is 0. The molecule has 0 saturated heterocycles. The number of nitrogens with zero attached hydrogens (tertiary/aromatic N) is 3. The summed E-state index contributed by atoms with van der Waals surface area (Å²) in [5, 5.41) is 15.4. The normalized spacial score (nSPS) is 10.6. The number of hydrogen-bond donors (Lipinski definition) is 2. The van der Waals surface area contributed by atoms with E-state index in [0.717, 1.165) is 27.5 Å². The fourth-order valence-corrected chi connectivity index (χ4v) is 3.05. The Balaban J connectivity index is 1.60. The summed E-state index contributed by atoms with van der Waals surface area (Å²) in [7, 11) is 0. The van der Waals surface area contributed by atoms with Gasteiger partial charge in [-0.2, -0.15) is 0 Å². The van der Waals surface area contributed by atoms with Crippen LogP contribution in [0.5, 0.6) is 5.75 Å². The van der Waals surface area contributed by atoms with Gasteiger partial charge in [-0.15, -0.1) is 11.3 Å². The molecule has 122 valence electrons. The van der Waals surface area contributed by atoms with E-state index in [1.165, 1.54) is 0 Å². The van der Waals surface area contributed by atoms with Crippen LogP contribution in [-0.2, 0) is 0 Å². The zero-order chi connectivity index (χ0) is 17.1. The minimum Gasteiger partial charge on any atom is -0.508 e. The first-order valence-electron chi connectivity index (χ1n) is 7.67. The van der Waals surface area contributed by atoms with Crippen LogP contribution in [0.2, 0.25) is 0 Å². The molecule has 0 aliphatic rings. The molecule has 0 bridgehead atoms. The predicted octanol–water partition coefficient (Wildman–Crippen LogP) is 4.72. The molecule has 25 heavy (non-hydrogen) atoms. The van der Waals surface area contributed by atoms with Crippen LogP contribution in [0.3, 0.4) is 0 Å². The standard InChI is InChI=1S/C19H14N4OS/c24-16-6-4-13(5-7-16)14-2-1-3-15(12-14)22-19-21-9-8-17(23-19)18-20-10-11-25-18/h1-12,24H,(H,21,22,23). The predicted molar refractivity (Wildman–Crippen MR) is 100.0 cm³/mol. The van der Waals surface area contributed by atoms with Gasteiger partial charge in [-0.1, -0.05) is 24.3 Å². The molecule has 0 aliphatic carbocycles. The number of benzene rings is 2. The Morgan fingerprint density at radius 1 is 0.880 bits per heavy atom. The van der Waals surface area contributed by atoms with Crippen molar-refractivity contribution in [3.8, 4) is 27.6 Å². The zero-order valence-corrected chi connectivity index (χ0v) is 13.9. The summed E-state index contributed by atoms with van der Waals surface area (Å²) >= 11 is 1.54. The molecular weight excluding hydrogens is 332 g/mol. The highest BCUT2D eigenvalue weighted by molar-refractivity contribution is 7.13. The van der Waals surface area contributed by atoms with E-state index in [0.29, 0.717) is 5.95 Å². The largest absolute Gasteiger partial charge is 0.508 e. The molecule has 2 aromatic heterocycles. The second kappa shape index (κ2) is 6.70. The smallest absolute Gasteiger partial charge is 0.227 e. The lowest BCUT2D eigenvalue weighted by atomic mass is 10.1. The maximum atomic E-state index is 9.42. The summed E-state index contributed by atoms with van der Waals surface area (Å²) in [6.45, 7) is 0. The van der Waals surface area contributed by atoms with Crippen molar-refractivity contribution in [1.29, 1.82) is 0 Å². The molecule has 0 unspecified atom stereocenters. The van der Waals surface area contributed by atoms with Crippen LogP contribution in [0, 0.1) is 0 Å². The third kappa shape index (κ3) is 3.49. The van der Waals surface area contributed by atoms with Crippen LogP contribution >= 0.6 is 11.3 Å². The Kier molecular flexibility index (Phi) is 4.10. The van der Waals surface area contributed by atoms with Gasteiger partial charge in [0.2, 0.25) is 5.95 Å². The van der Waals surface area contributed by atoms with Gasteiger partial charge in [0.15, 0.2) is 0 Å². The van der Waals surface area contributed by atoms with Crippen molar-refractivity contribution >= 4 is 23.0 Å². The first-order chi connectivity index (χ1) is 12.3. The average Bonchev–Trinajstić information content (AvgIpc) is 3.18. The highest BCUT2D eigenvalue weighted by Crippen LogP contribution is 2.26. The first-order valence-corrected chi connectivity index (χ1v) is 8.55. The van der Waals surface area contributed by atoms with Crippen LogP contribution < -0.4 is 5.32 Å². The first kappa shape index (κ1) is 15.3. The number of rotatable bonds is 4. The van der Waals surface area contributed by atoms with Gasteiger partial charge in [0.05, 0.1) is 0 Å². The third-order valence-electron chi connectivity index (χ3n) is 3.63. The maximum absolute atomic E-state index is 9.42. The molecule has 0 aliphatic heterocycles. The number of phenols is 1. The molecule has 4 rings (SSSR count). The van der Waals surface area contributed by atoms with Gasteiger partial charge in [0, 0.05) is 23.5 Å². The van der Waals surface area contributed by atoms with E-state index in [2.05, 4.69) is 20.3 Å². The summed E-state index contributed by atoms with van der Waals surface area (Å²) in [6, 6.07) is 16.9. The minimum atomic E-state index is 0.255. The molecule has 4 aromatic rings. The molecule has 5 nitrogen and oxygen atoms in total. The van der Waals surface area contributed by atoms with Crippen molar-refractivity contribution in [2.24, 2.45) is 0 Å². The SMILES string of the molecule is Oc1ccc(-c2cccc(Nc3nccc(-c4nccs4)n3)c2)cc1. The summed E-state index contributed by atoms with van der Waals surface area (Å²) in [5.41, 5.74) is 3.75. The number of nitrogens with one attached hydrogen (secondary N) is 1. The van der Waals surface area contributed by atoms with Crippen molar-refractivity contribution < 1.29 is 5.11 Å². The third-order valence-corrected chi connectivity index (χ3v) is 4.42. The number of anilines is 2. The summed E-state index contributed by atoms with van der Waals surface area (Å²) in [4.78, 5) is 13.1. The van der Waals surface area contributed by atoms with Crippen LogP contribution in [0.15, 0.2) is 72.4 Å². The van der Waals surface area contributed by atoms with E-state index in [4.69, 9.17) is 0 Å². The van der Waals surface area contributed by atoms with Gasteiger partial charge < -0.3 is 10.4 Å². The Morgan fingerprint density at radius 2 is 1.76 bits per heavy atom. The molecule has 0 fully saturated rings. The van der Waals surface area contributed by atoms with E-state index in [1.54, 1.807) is 35.9 Å². The molecular formula is C19H14N4OS. The quantitative estimate of drug-likeness (QED) is 0.560. The highest BCUT2D eigenvalue weighted by atomic mass is 32.1. The number of aromatic nitrogens is 3. The van der Waals surface area contributed by atoms with Crippen LogP contribution in [0.25, 0.3) is 21.8 Å². The molecule has 6 heteroatoms. The topological polar surface area (TPSA) is 70.9 Å². The highest BCUT2D eigenvalue weighted by Gasteiger charge is 2.06. The Bertz CT molecular complexity index is 985. The molecule has 0 spiro atoms. The fraction of sp³-hybridized carbons (Fsp3) is 0. The monoisotopic (exact) mass is 346 g/mol. The van der Waals surface area contributed by atoms with E-state index in [1.807, 2.05) is 47.8 Å². The maximum Gasteiger partial charge on any atom is 0.227 e. The molecule has 2 aromatic carbocycles. The number of thiazole rings is 1. The summed E-state index contributed by atoms with van der Waals surface area (Å²) in [5.74, 6) is 0.779. The number of phenolic OH excluding ortho intramolecular Hbond substituents is 1. The van der Waals surface area contributed by atoms with Crippen LogP contribution in [0.1, 0.15) is 0 Å². The van der Waals surface area contributed by atoms with Crippen LogP contribution in [0.4, 0.5) is 11.6 Å². The molecule has 0 atom stereocenters. The lowest BCUT2D eigenvalue weighted by Crippen LogP contribution is -1.97. The average molecular weight is 346 g/mol. The van der Waals surface area contributed by atoms with Gasteiger partial charge in [-0.3, -0.25) is 0 Å². The number of aromatic hydroxyl groups is 1. The van der Waals surface area contributed by atoms with Crippen LogP contribution in [-0.4, -0.2) is 20.1 Å². The van der Waals surface area contributed by atoms with Crippen molar-refractivity contribution in [2.45, 2.75) is 0 Å². The minimum absolute atomic E-state index is 0.255. The van der Waals surface area contributed by atoms with Crippen molar-refractivity contribution in [2.75, 3.05) is 5.32 Å². The van der Waals surface area contributed by atoms with Crippen molar-refractivity contribution in [3.63, 3.8) is 0 Å². The second-order valence-electron chi connectivity index (χ2n) is 5.36. The van der Waals surface area contributed by atoms with E-state index in [-0.39, 0.29) is 5.75 Å². The van der Waals surface area contributed by atoms with Gasteiger partial charge in [0.25, 0.3) is 0 Å². The van der Waals surface area contributed by atoms with E-state index < -0.39 is 0 Å². The zero-order valence-electron chi connectivity index (χ0n) is 13.1. The van der Waals surface area contributed by atoms with Gasteiger partial charge in [-0.05, 0) is 41.5 Å². The second-order valence-corrected chi connectivity index (χ2v) is 6.25. The number of hydrogen-bond acceptors (Lipinski definition) is 6. The Hall–Kier alpha value is -3.25. The van der Waals surface area contributed by atoms with E-state index in [9.17, 15) is 5.11 Å². The molecule has 0 amide bonds. The lowest BCUT2D eigenvalue weighted by molar-refractivity contribution is 0.475. The lowest BCUT2D eigenvalue weighted by Gasteiger charge is -2.08. The molecule has 0 radical (unpaired) electrons. The molecule has 2 N–H and O–H groups in total.